The molecule has 0 saturated carbocycles. The largest absolute Gasteiger partial charge is 0.306 e. The second-order valence-electron chi connectivity index (χ2n) is 6.03. The van der Waals surface area contributed by atoms with Gasteiger partial charge in [-0.25, -0.2) is 9.50 Å². The van der Waals surface area contributed by atoms with Gasteiger partial charge >= 0.3 is 0 Å². The molecule has 1 atom stereocenters. The number of likely N-dealkylation sites (tertiary alicyclic amines) is 1. The first-order valence-corrected chi connectivity index (χ1v) is 7.75. The molecule has 3 aromatic rings. The van der Waals surface area contributed by atoms with Crippen LogP contribution in [0.4, 0.5) is 0 Å². The molecule has 1 saturated heterocycles. The van der Waals surface area contributed by atoms with Gasteiger partial charge in [0.25, 0.3) is 0 Å². The van der Waals surface area contributed by atoms with Gasteiger partial charge in [0.15, 0.2) is 11.5 Å². The van der Waals surface area contributed by atoms with Crippen molar-refractivity contribution in [2.24, 2.45) is 0 Å². The Hall–Kier alpha value is -2.27. The summed E-state index contributed by atoms with van der Waals surface area (Å²) in [4.78, 5) is 11.1. The van der Waals surface area contributed by atoms with E-state index in [9.17, 15) is 0 Å². The number of pyridine rings is 2. The van der Waals surface area contributed by atoms with Crippen molar-refractivity contribution in [3.05, 3.63) is 48.7 Å². The number of likely N-dealkylation sites (N-methyl/N-ethyl adjacent to an activating group) is 1. The van der Waals surface area contributed by atoms with Crippen molar-refractivity contribution in [3.8, 4) is 11.1 Å². The van der Waals surface area contributed by atoms with Crippen LogP contribution >= 0.6 is 0 Å². The van der Waals surface area contributed by atoms with Gasteiger partial charge in [0.2, 0.25) is 0 Å². The first kappa shape index (κ1) is 13.4. The van der Waals surface area contributed by atoms with E-state index in [1.165, 1.54) is 19.4 Å². The van der Waals surface area contributed by atoms with Gasteiger partial charge in [-0.05, 0) is 56.3 Å². The number of rotatable bonds is 2. The Kier molecular flexibility index (Phi) is 3.35. The van der Waals surface area contributed by atoms with Crippen LogP contribution < -0.4 is 0 Å². The second-order valence-corrected chi connectivity index (χ2v) is 6.03. The van der Waals surface area contributed by atoms with Gasteiger partial charge in [0.1, 0.15) is 0 Å². The van der Waals surface area contributed by atoms with Gasteiger partial charge in [0.05, 0.1) is 0 Å². The lowest BCUT2D eigenvalue weighted by molar-refractivity contribution is 0.246. The SMILES string of the molecule is CN1CCC[C@H](c2nc3ccc(-c4ccncc4)cn3n2)C1. The molecule has 5 heteroatoms. The second kappa shape index (κ2) is 5.50. The van der Waals surface area contributed by atoms with Crippen LogP contribution in [0.25, 0.3) is 16.8 Å². The topological polar surface area (TPSA) is 46.3 Å². The van der Waals surface area contributed by atoms with Crippen LogP contribution in [0, 0.1) is 0 Å². The summed E-state index contributed by atoms with van der Waals surface area (Å²) in [5.74, 6) is 1.42. The van der Waals surface area contributed by atoms with Crippen LogP contribution in [0.1, 0.15) is 24.6 Å². The molecule has 1 aliphatic rings. The molecule has 0 aliphatic carbocycles. The summed E-state index contributed by atoms with van der Waals surface area (Å²) in [7, 11) is 2.17. The molecular formula is C17H19N5. The Labute approximate surface area is 129 Å². The van der Waals surface area contributed by atoms with Crippen LogP contribution in [-0.2, 0) is 0 Å². The van der Waals surface area contributed by atoms with Crippen molar-refractivity contribution in [2.75, 3.05) is 20.1 Å². The molecule has 4 rings (SSSR count). The Balaban J connectivity index is 1.69. The van der Waals surface area contributed by atoms with Crippen molar-refractivity contribution in [3.63, 3.8) is 0 Å². The number of hydrogen-bond acceptors (Lipinski definition) is 4. The summed E-state index contributed by atoms with van der Waals surface area (Å²) in [5, 5.41) is 4.72. The molecule has 3 aromatic heterocycles. The lowest BCUT2D eigenvalue weighted by Gasteiger charge is -2.27. The van der Waals surface area contributed by atoms with E-state index < -0.39 is 0 Å². The zero-order valence-corrected chi connectivity index (χ0v) is 12.7. The summed E-state index contributed by atoms with van der Waals surface area (Å²) in [6, 6.07) is 8.15. The van der Waals surface area contributed by atoms with Gasteiger partial charge in [-0.1, -0.05) is 0 Å². The smallest absolute Gasteiger partial charge is 0.156 e. The summed E-state index contributed by atoms with van der Waals surface area (Å²) in [5.41, 5.74) is 3.19. The molecule has 0 unspecified atom stereocenters. The van der Waals surface area contributed by atoms with Gasteiger partial charge in [-0.2, -0.15) is 5.10 Å². The first-order chi connectivity index (χ1) is 10.8. The maximum Gasteiger partial charge on any atom is 0.156 e. The van der Waals surface area contributed by atoms with E-state index in [0.717, 1.165) is 29.1 Å². The van der Waals surface area contributed by atoms with Crippen molar-refractivity contribution < 1.29 is 0 Å². The molecule has 0 spiro atoms. The highest BCUT2D eigenvalue weighted by Crippen LogP contribution is 2.25. The van der Waals surface area contributed by atoms with Gasteiger partial charge in [0, 0.05) is 36.6 Å². The Morgan fingerprint density at radius 1 is 1.09 bits per heavy atom. The van der Waals surface area contributed by atoms with Crippen LogP contribution in [-0.4, -0.2) is 44.6 Å². The molecule has 0 aromatic carbocycles. The Morgan fingerprint density at radius 3 is 2.77 bits per heavy atom. The van der Waals surface area contributed by atoms with E-state index in [0.29, 0.717) is 5.92 Å². The fraction of sp³-hybridized carbons (Fsp3) is 0.353. The highest BCUT2D eigenvalue weighted by atomic mass is 15.3. The monoisotopic (exact) mass is 293 g/mol. The maximum atomic E-state index is 4.72. The van der Waals surface area contributed by atoms with Crippen molar-refractivity contribution in [1.82, 2.24) is 24.5 Å². The molecule has 0 bridgehead atoms. The van der Waals surface area contributed by atoms with Crippen LogP contribution in [0.5, 0.6) is 0 Å². The van der Waals surface area contributed by atoms with E-state index >= 15 is 0 Å². The quantitative estimate of drug-likeness (QED) is 0.728. The highest BCUT2D eigenvalue weighted by Gasteiger charge is 2.22. The molecular weight excluding hydrogens is 274 g/mol. The molecule has 1 aliphatic heterocycles. The third-order valence-corrected chi connectivity index (χ3v) is 4.35. The molecule has 1 fully saturated rings. The lowest BCUT2D eigenvalue weighted by Crippen LogP contribution is -2.31. The molecule has 112 valence electrons. The first-order valence-electron chi connectivity index (χ1n) is 7.75. The Morgan fingerprint density at radius 2 is 1.95 bits per heavy atom. The van der Waals surface area contributed by atoms with Gasteiger partial charge in [-0.3, -0.25) is 4.98 Å². The van der Waals surface area contributed by atoms with Gasteiger partial charge in [-0.15, -0.1) is 0 Å². The van der Waals surface area contributed by atoms with Crippen LogP contribution in [0.2, 0.25) is 0 Å². The average Bonchev–Trinajstić information content (AvgIpc) is 2.99. The minimum absolute atomic E-state index is 0.447. The number of hydrogen-bond donors (Lipinski definition) is 0. The minimum Gasteiger partial charge on any atom is -0.306 e. The predicted octanol–water partition coefficient (Wildman–Crippen LogP) is 2.60. The van der Waals surface area contributed by atoms with Crippen molar-refractivity contribution in [2.45, 2.75) is 18.8 Å². The molecule has 0 radical (unpaired) electrons. The number of fused-ring (bicyclic) bond motifs is 1. The molecule has 5 nitrogen and oxygen atoms in total. The third-order valence-electron chi connectivity index (χ3n) is 4.35. The number of aromatic nitrogens is 4. The standard InChI is InChI=1S/C17H19N5/c1-21-10-2-3-15(11-21)17-19-16-5-4-14(12-22(16)20-17)13-6-8-18-9-7-13/h4-9,12,15H,2-3,10-11H2,1H3/t15-/m0/s1. The molecule has 0 N–H and O–H groups in total. The summed E-state index contributed by atoms with van der Waals surface area (Å²) in [6.07, 6.45) is 8.07. The third kappa shape index (κ3) is 2.48. The normalized spacial score (nSPS) is 19.6. The lowest BCUT2D eigenvalue weighted by atomic mass is 9.98. The zero-order chi connectivity index (χ0) is 14.9. The van der Waals surface area contributed by atoms with Gasteiger partial charge < -0.3 is 4.90 Å². The predicted molar refractivity (Wildman–Crippen MR) is 85.7 cm³/mol. The summed E-state index contributed by atoms with van der Waals surface area (Å²) in [6.45, 7) is 2.23. The van der Waals surface area contributed by atoms with E-state index in [2.05, 4.69) is 23.0 Å². The Bertz CT molecular complexity index is 780. The summed E-state index contributed by atoms with van der Waals surface area (Å²) >= 11 is 0. The van der Waals surface area contributed by atoms with Crippen LogP contribution in [0.15, 0.2) is 42.9 Å². The minimum atomic E-state index is 0.447. The fourth-order valence-electron chi connectivity index (χ4n) is 3.17. The average molecular weight is 293 g/mol. The summed E-state index contributed by atoms with van der Waals surface area (Å²) < 4.78 is 1.90. The van der Waals surface area contributed by atoms with Crippen molar-refractivity contribution in [1.29, 1.82) is 0 Å². The van der Waals surface area contributed by atoms with E-state index in [4.69, 9.17) is 10.1 Å². The number of piperidine rings is 1. The van der Waals surface area contributed by atoms with E-state index in [-0.39, 0.29) is 0 Å². The van der Waals surface area contributed by atoms with E-state index in [1.54, 1.807) is 0 Å². The fourth-order valence-corrected chi connectivity index (χ4v) is 3.17. The molecule has 22 heavy (non-hydrogen) atoms. The van der Waals surface area contributed by atoms with E-state index in [1.807, 2.05) is 41.3 Å². The van der Waals surface area contributed by atoms with Crippen molar-refractivity contribution >= 4 is 5.65 Å². The molecule has 4 heterocycles. The van der Waals surface area contributed by atoms with Crippen LogP contribution in [0.3, 0.4) is 0 Å². The number of nitrogens with zero attached hydrogens (tertiary/aromatic N) is 5. The zero-order valence-electron chi connectivity index (χ0n) is 12.7. The molecule has 0 amide bonds. The highest BCUT2D eigenvalue weighted by molar-refractivity contribution is 5.63. The maximum absolute atomic E-state index is 4.72.